The van der Waals surface area contributed by atoms with Crippen LogP contribution in [0.4, 0.5) is 0 Å². The number of hydrogen-bond acceptors (Lipinski definition) is 4. The summed E-state index contributed by atoms with van der Waals surface area (Å²) in [4.78, 5) is 0. The van der Waals surface area contributed by atoms with Crippen molar-refractivity contribution in [2.75, 3.05) is 0 Å². The van der Waals surface area contributed by atoms with Gasteiger partial charge in [-0.3, -0.25) is 0 Å². The molecule has 1 aliphatic carbocycles. The molecule has 1 aromatic heterocycles. The lowest BCUT2D eigenvalue weighted by Crippen LogP contribution is -2.36. The van der Waals surface area contributed by atoms with Gasteiger partial charge >= 0.3 is 0 Å². The van der Waals surface area contributed by atoms with Gasteiger partial charge in [-0.2, -0.15) is 0 Å². The van der Waals surface area contributed by atoms with Crippen LogP contribution in [0, 0.1) is 11.3 Å². The molecule has 0 bridgehead atoms. The standard InChI is InChI=1S/C14H25N3S/c1-4-14(2,3)11-5-7-12(8-6-11)15-9-13-10-18-17-16-13/h10-12,15H,4-9H2,1-3H3. The highest BCUT2D eigenvalue weighted by Crippen LogP contribution is 2.40. The number of hydrogen-bond donors (Lipinski definition) is 1. The molecule has 1 aliphatic rings. The van der Waals surface area contributed by atoms with E-state index < -0.39 is 0 Å². The first kappa shape index (κ1) is 13.9. The summed E-state index contributed by atoms with van der Waals surface area (Å²) >= 11 is 1.43. The minimum atomic E-state index is 0.518. The summed E-state index contributed by atoms with van der Waals surface area (Å²) in [5.74, 6) is 0.904. The van der Waals surface area contributed by atoms with E-state index in [1.165, 1.54) is 43.6 Å². The quantitative estimate of drug-likeness (QED) is 0.885. The maximum Gasteiger partial charge on any atom is 0.0893 e. The lowest BCUT2D eigenvalue weighted by atomic mass is 9.69. The number of aromatic nitrogens is 2. The van der Waals surface area contributed by atoms with E-state index in [9.17, 15) is 0 Å². The average Bonchev–Trinajstić information content (AvgIpc) is 2.90. The summed E-state index contributed by atoms with van der Waals surface area (Å²) in [5, 5.41) is 9.72. The van der Waals surface area contributed by atoms with E-state index in [4.69, 9.17) is 0 Å². The number of nitrogens with one attached hydrogen (secondary N) is 1. The first-order valence-electron chi connectivity index (χ1n) is 7.11. The molecule has 0 amide bonds. The molecule has 1 fully saturated rings. The maximum absolute atomic E-state index is 4.07. The van der Waals surface area contributed by atoms with E-state index in [-0.39, 0.29) is 0 Å². The topological polar surface area (TPSA) is 37.8 Å². The molecule has 2 rings (SSSR count). The van der Waals surface area contributed by atoms with E-state index in [2.05, 4.69) is 35.7 Å². The summed E-state index contributed by atoms with van der Waals surface area (Å²) in [7, 11) is 0. The lowest BCUT2D eigenvalue weighted by molar-refractivity contribution is 0.136. The predicted molar refractivity (Wildman–Crippen MR) is 76.6 cm³/mol. The van der Waals surface area contributed by atoms with Gasteiger partial charge in [0.15, 0.2) is 0 Å². The van der Waals surface area contributed by atoms with Crippen molar-refractivity contribution in [1.29, 1.82) is 0 Å². The first-order chi connectivity index (χ1) is 8.62. The van der Waals surface area contributed by atoms with Crippen LogP contribution in [0.2, 0.25) is 0 Å². The van der Waals surface area contributed by atoms with Crippen molar-refractivity contribution < 1.29 is 0 Å². The van der Waals surface area contributed by atoms with Crippen LogP contribution in [0.25, 0.3) is 0 Å². The van der Waals surface area contributed by atoms with E-state index in [1.807, 2.05) is 5.38 Å². The van der Waals surface area contributed by atoms with Gasteiger partial charge in [0.2, 0.25) is 0 Å². The SMILES string of the molecule is CCC(C)(C)C1CCC(NCc2csnn2)CC1. The van der Waals surface area contributed by atoms with E-state index >= 15 is 0 Å². The zero-order valence-corrected chi connectivity index (χ0v) is 12.6. The van der Waals surface area contributed by atoms with E-state index in [0.717, 1.165) is 18.2 Å². The number of rotatable bonds is 5. The fourth-order valence-electron chi connectivity index (χ4n) is 2.88. The van der Waals surface area contributed by atoms with Crippen molar-refractivity contribution in [3.8, 4) is 0 Å². The molecule has 0 atom stereocenters. The van der Waals surface area contributed by atoms with Crippen LogP contribution < -0.4 is 5.32 Å². The Labute approximate surface area is 115 Å². The second-order valence-corrected chi connectivity index (χ2v) is 6.78. The molecule has 18 heavy (non-hydrogen) atoms. The molecule has 0 unspecified atom stereocenters. The highest BCUT2D eigenvalue weighted by Gasteiger charge is 2.31. The fraction of sp³-hybridized carbons (Fsp3) is 0.857. The largest absolute Gasteiger partial charge is 0.308 e. The Morgan fingerprint density at radius 2 is 2.06 bits per heavy atom. The fourth-order valence-corrected chi connectivity index (χ4v) is 3.33. The predicted octanol–water partition coefficient (Wildman–Crippen LogP) is 3.62. The summed E-state index contributed by atoms with van der Waals surface area (Å²) in [6.07, 6.45) is 6.65. The molecule has 1 aromatic rings. The average molecular weight is 267 g/mol. The molecule has 0 saturated heterocycles. The zero-order valence-electron chi connectivity index (χ0n) is 11.8. The monoisotopic (exact) mass is 267 g/mol. The van der Waals surface area contributed by atoms with Crippen molar-refractivity contribution in [2.24, 2.45) is 11.3 Å². The number of nitrogens with zero attached hydrogens (tertiary/aromatic N) is 2. The third kappa shape index (κ3) is 3.51. The normalized spacial score (nSPS) is 25.3. The first-order valence-corrected chi connectivity index (χ1v) is 7.95. The zero-order chi connectivity index (χ0) is 13.0. The van der Waals surface area contributed by atoms with Crippen LogP contribution in [-0.4, -0.2) is 15.6 Å². The van der Waals surface area contributed by atoms with Crippen LogP contribution in [0.15, 0.2) is 5.38 Å². The Morgan fingerprint density at radius 3 is 2.61 bits per heavy atom. The van der Waals surface area contributed by atoms with Crippen LogP contribution in [0.3, 0.4) is 0 Å². The van der Waals surface area contributed by atoms with Gasteiger partial charge in [-0.25, -0.2) is 0 Å². The molecular formula is C14H25N3S. The Kier molecular flexibility index (Phi) is 4.73. The van der Waals surface area contributed by atoms with Gasteiger partial charge in [-0.05, 0) is 48.5 Å². The third-order valence-electron chi connectivity index (χ3n) is 4.72. The Bertz CT molecular complexity index is 340. The van der Waals surface area contributed by atoms with Gasteiger partial charge in [-0.15, -0.1) is 5.10 Å². The highest BCUT2D eigenvalue weighted by atomic mass is 32.1. The Balaban J connectivity index is 1.73. The van der Waals surface area contributed by atoms with Crippen molar-refractivity contribution >= 4 is 11.5 Å². The summed E-state index contributed by atoms with van der Waals surface area (Å²) < 4.78 is 3.89. The maximum atomic E-state index is 4.07. The van der Waals surface area contributed by atoms with E-state index in [1.54, 1.807) is 0 Å². The minimum absolute atomic E-state index is 0.518. The molecule has 1 heterocycles. The van der Waals surface area contributed by atoms with Crippen LogP contribution in [0.1, 0.15) is 58.6 Å². The smallest absolute Gasteiger partial charge is 0.0893 e. The Morgan fingerprint density at radius 1 is 1.33 bits per heavy atom. The summed E-state index contributed by atoms with van der Waals surface area (Å²) in [6, 6.07) is 0.676. The minimum Gasteiger partial charge on any atom is -0.308 e. The molecule has 3 nitrogen and oxygen atoms in total. The highest BCUT2D eigenvalue weighted by molar-refractivity contribution is 7.03. The van der Waals surface area contributed by atoms with Crippen molar-refractivity contribution in [1.82, 2.24) is 14.9 Å². The van der Waals surface area contributed by atoms with Gasteiger partial charge in [0.25, 0.3) is 0 Å². The van der Waals surface area contributed by atoms with Gasteiger partial charge in [0, 0.05) is 18.0 Å². The lowest BCUT2D eigenvalue weighted by Gasteiger charge is -2.39. The molecule has 0 aromatic carbocycles. The molecule has 102 valence electrons. The molecule has 4 heteroatoms. The second kappa shape index (κ2) is 6.11. The van der Waals surface area contributed by atoms with Gasteiger partial charge in [0.1, 0.15) is 0 Å². The molecular weight excluding hydrogens is 242 g/mol. The van der Waals surface area contributed by atoms with Gasteiger partial charge < -0.3 is 5.32 Å². The molecule has 1 N–H and O–H groups in total. The van der Waals surface area contributed by atoms with Crippen LogP contribution in [-0.2, 0) is 6.54 Å². The molecule has 1 saturated carbocycles. The molecule has 0 aliphatic heterocycles. The van der Waals surface area contributed by atoms with Crippen molar-refractivity contribution in [3.63, 3.8) is 0 Å². The van der Waals surface area contributed by atoms with Crippen molar-refractivity contribution in [3.05, 3.63) is 11.1 Å². The van der Waals surface area contributed by atoms with Gasteiger partial charge in [0.05, 0.1) is 5.69 Å². The van der Waals surface area contributed by atoms with Crippen LogP contribution >= 0.6 is 11.5 Å². The molecule has 0 spiro atoms. The van der Waals surface area contributed by atoms with Crippen LogP contribution in [0.5, 0.6) is 0 Å². The Hall–Kier alpha value is -0.480. The second-order valence-electron chi connectivity index (χ2n) is 6.17. The summed E-state index contributed by atoms with van der Waals surface area (Å²) in [6.45, 7) is 8.04. The molecule has 0 radical (unpaired) electrons. The van der Waals surface area contributed by atoms with Gasteiger partial charge in [-0.1, -0.05) is 31.7 Å². The van der Waals surface area contributed by atoms with E-state index in [0.29, 0.717) is 11.5 Å². The van der Waals surface area contributed by atoms with Crippen molar-refractivity contribution in [2.45, 2.75) is 65.5 Å². The summed E-state index contributed by atoms with van der Waals surface area (Å²) in [5.41, 5.74) is 1.60. The third-order valence-corrected chi connectivity index (χ3v) is 5.27.